The fourth-order valence-corrected chi connectivity index (χ4v) is 1.71. The third kappa shape index (κ3) is 2.63. The molecule has 0 radical (unpaired) electrons. The molecule has 0 unspecified atom stereocenters. The molecule has 1 aliphatic rings. The quantitative estimate of drug-likeness (QED) is 0.792. The van der Waals surface area contributed by atoms with Gasteiger partial charge in [-0.1, -0.05) is 0 Å². The number of nitrogens with one attached hydrogen (secondary N) is 1. The van der Waals surface area contributed by atoms with E-state index >= 15 is 0 Å². The van der Waals surface area contributed by atoms with Crippen LogP contribution in [0.1, 0.15) is 18.0 Å². The third-order valence-electron chi connectivity index (χ3n) is 2.41. The fourth-order valence-electron chi connectivity index (χ4n) is 1.71. The van der Waals surface area contributed by atoms with Crippen LogP contribution < -0.4 is 5.32 Å². The normalized spacial score (nSPS) is 25.0. The maximum absolute atomic E-state index is 13.2. The van der Waals surface area contributed by atoms with Crippen molar-refractivity contribution in [2.75, 3.05) is 6.54 Å². The minimum Gasteiger partial charge on any atom is -0.307 e. The summed E-state index contributed by atoms with van der Waals surface area (Å²) in [5.74, 6) is -0.983. The molecule has 2 atom stereocenters. The summed E-state index contributed by atoms with van der Waals surface area (Å²) >= 11 is 0. The molecule has 1 N–H and O–H groups in total. The molecule has 1 aromatic carbocycles. The van der Waals surface area contributed by atoms with Gasteiger partial charge in [-0.2, -0.15) is 0 Å². The van der Waals surface area contributed by atoms with E-state index in [4.69, 9.17) is 0 Å². The SMILES string of the molecule is Cl.Fc1ccc(F)c([C@H]2C[C@H](F)CN2)c1. The standard InChI is InChI=1S/C10H10F3N.ClH/c11-6-1-2-9(13)8(3-6)10-4-7(12)5-14-10;/h1-3,7,10,14H,4-5H2;1H/t7-,10+;/m0./s1. The summed E-state index contributed by atoms with van der Waals surface area (Å²) in [6, 6.07) is 2.84. The molecular formula is C10H11ClF3N. The predicted octanol–water partition coefficient (Wildman–Crippen LogP) is 2.76. The van der Waals surface area contributed by atoms with Gasteiger partial charge in [0, 0.05) is 18.2 Å². The van der Waals surface area contributed by atoms with Gasteiger partial charge in [0.2, 0.25) is 0 Å². The Labute approximate surface area is 92.1 Å². The number of benzene rings is 1. The predicted molar refractivity (Wildman–Crippen MR) is 53.9 cm³/mol. The van der Waals surface area contributed by atoms with Gasteiger partial charge in [0.05, 0.1) is 0 Å². The Morgan fingerprint density at radius 2 is 2.00 bits per heavy atom. The summed E-state index contributed by atoms with van der Waals surface area (Å²) in [6.07, 6.45) is -0.761. The van der Waals surface area contributed by atoms with Gasteiger partial charge < -0.3 is 5.32 Å². The lowest BCUT2D eigenvalue weighted by molar-refractivity contribution is 0.355. The zero-order valence-electron chi connectivity index (χ0n) is 7.84. The first kappa shape index (κ1) is 12.3. The van der Waals surface area contributed by atoms with Crippen molar-refractivity contribution in [3.63, 3.8) is 0 Å². The average Bonchev–Trinajstić information content (AvgIpc) is 2.56. The number of rotatable bonds is 1. The highest BCUT2D eigenvalue weighted by Crippen LogP contribution is 2.27. The first-order valence-corrected chi connectivity index (χ1v) is 4.49. The Kier molecular flexibility index (Phi) is 3.99. The lowest BCUT2D eigenvalue weighted by atomic mass is 10.0. The van der Waals surface area contributed by atoms with E-state index in [0.29, 0.717) is 0 Å². The summed E-state index contributed by atoms with van der Waals surface area (Å²) < 4.78 is 38.8. The van der Waals surface area contributed by atoms with Crippen molar-refractivity contribution in [2.45, 2.75) is 18.6 Å². The van der Waals surface area contributed by atoms with Gasteiger partial charge in [-0.3, -0.25) is 0 Å². The fraction of sp³-hybridized carbons (Fsp3) is 0.400. The third-order valence-corrected chi connectivity index (χ3v) is 2.41. The molecule has 1 nitrogen and oxygen atoms in total. The molecule has 5 heteroatoms. The van der Waals surface area contributed by atoms with Gasteiger partial charge >= 0.3 is 0 Å². The lowest BCUT2D eigenvalue weighted by Crippen LogP contribution is -2.15. The summed E-state index contributed by atoms with van der Waals surface area (Å²) in [4.78, 5) is 0. The lowest BCUT2D eigenvalue weighted by Gasteiger charge is -2.10. The van der Waals surface area contributed by atoms with Crippen molar-refractivity contribution in [2.24, 2.45) is 0 Å². The molecule has 1 fully saturated rings. The molecule has 1 heterocycles. The molecule has 84 valence electrons. The van der Waals surface area contributed by atoms with Crippen molar-refractivity contribution >= 4 is 12.4 Å². The molecule has 1 aliphatic heterocycles. The van der Waals surface area contributed by atoms with Crippen LogP contribution in [0.4, 0.5) is 13.2 Å². The van der Waals surface area contributed by atoms with Crippen LogP contribution in [0.5, 0.6) is 0 Å². The van der Waals surface area contributed by atoms with Crippen LogP contribution in [-0.2, 0) is 0 Å². The summed E-state index contributed by atoms with van der Waals surface area (Å²) in [5.41, 5.74) is 0.213. The number of hydrogen-bond acceptors (Lipinski definition) is 1. The molecule has 2 rings (SSSR count). The molecule has 0 aliphatic carbocycles. The van der Waals surface area contributed by atoms with Gasteiger partial charge in [-0.25, -0.2) is 13.2 Å². The van der Waals surface area contributed by atoms with E-state index in [0.717, 1.165) is 18.2 Å². The molecule has 15 heavy (non-hydrogen) atoms. The average molecular weight is 238 g/mol. The number of hydrogen-bond donors (Lipinski definition) is 1. The molecule has 0 saturated carbocycles. The van der Waals surface area contributed by atoms with Gasteiger partial charge in [-0.05, 0) is 24.6 Å². The largest absolute Gasteiger partial charge is 0.307 e. The Morgan fingerprint density at radius 3 is 2.60 bits per heavy atom. The van der Waals surface area contributed by atoms with Crippen LogP contribution in [0.15, 0.2) is 18.2 Å². The summed E-state index contributed by atoms with van der Waals surface area (Å²) in [7, 11) is 0. The summed E-state index contributed by atoms with van der Waals surface area (Å²) in [5, 5.41) is 2.81. The van der Waals surface area contributed by atoms with Crippen molar-refractivity contribution < 1.29 is 13.2 Å². The van der Waals surface area contributed by atoms with E-state index in [1.54, 1.807) is 0 Å². The van der Waals surface area contributed by atoms with Gasteiger partial charge in [0.25, 0.3) is 0 Å². The van der Waals surface area contributed by atoms with Crippen molar-refractivity contribution in [3.05, 3.63) is 35.4 Å². The van der Waals surface area contributed by atoms with Crippen molar-refractivity contribution in [1.82, 2.24) is 5.32 Å². The Bertz CT molecular complexity index is 345. The second kappa shape index (κ2) is 4.86. The second-order valence-electron chi connectivity index (χ2n) is 3.46. The van der Waals surface area contributed by atoms with E-state index in [1.165, 1.54) is 0 Å². The van der Waals surface area contributed by atoms with Crippen LogP contribution in [0.2, 0.25) is 0 Å². The van der Waals surface area contributed by atoms with Crippen LogP contribution in [0, 0.1) is 11.6 Å². The Hall–Kier alpha value is -0.740. The van der Waals surface area contributed by atoms with E-state index < -0.39 is 23.8 Å². The smallest absolute Gasteiger partial charge is 0.128 e. The highest BCUT2D eigenvalue weighted by Gasteiger charge is 2.26. The summed E-state index contributed by atoms with van der Waals surface area (Å²) in [6.45, 7) is 0.209. The minimum absolute atomic E-state index is 0. The molecule has 0 spiro atoms. The van der Waals surface area contributed by atoms with Gasteiger partial charge in [-0.15, -0.1) is 12.4 Å². The van der Waals surface area contributed by atoms with Crippen molar-refractivity contribution in [3.8, 4) is 0 Å². The van der Waals surface area contributed by atoms with Crippen LogP contribution in [-0.4, -0.2) is 12.7 Å². The van der Waals surface area contributed by atoms with E-state index in [-0.39, 0.29) is 30.9 Å². The monoisotopic (exact) mass is 237 g/mol. The second-order valence-corrected chi connectivity index (χ2v) is 3.46. The van der Waals surface area contributed by atoms with E-state index in [9.17, 15) is 13.2 Å². The zero-order chi connectivity index (χ0) is 10.1. The molecular weight excluding hydrogens is 227 g/mol. The zero-order valence-corrected chi connectivity index (χ0v) is 8.66. The highest BCUT2D eigenvalue weighted by molar-refractivity contribution is 5.85. The number of halogens is 4. The maximum atomic E-state index is 13.2. The first-order chi connectivity index (χ1) is 6.66. The maximum Gasteiger partial charge on any atom is 0.128 e. The molecule has 0 aromatic heterocycles. The van der Waals surface area contributed by atoms with E-state index in [1.807, 2.05) is 0 Å². The Balaban J connectivity index is 0.00000112. The van der Waals surface area contributed by atoms with E-state index in [2.05, 4.69) is 5.32 Å². The molecule has 0 bridgehead atoms. The molecule has 0 amide bonds. The molecule has 1 aromatic rings. The van der Waals surface area contributed by atoms with Gasteiger partial charge in [0.15, 0.2) is 0 Å². The topological polar surface area (TPSA) is 12.0 Å². The van der Waals surface area contributed by atoms with Crippen molar-refractivity contribution in [1.29, 1.82) is 0 Å². The highest BCUT2D eigenvalue weighted by atomic mass is 35.5. The number of alkyl halides is 1. The minimum atomic E-state index is -0.970. The Morgan fingerprint density at radius 1 is 1.27 bits per heavy atom. The van der Waals surface area contributed by atoms with Crippen LogP contribution >= 0.6 is 12.4 Å². The van der Waals surface area contributed by atoms with Crippen LogP contribution in [0.3, 0.4) is 0 Å². The molecule has 1 saturated heterocycles. The van der Waals surface area contributed by atoms with Crippen LogP contribution in [0.25, 0.3) is 0 Å². The first-order valence-electron chi connectivity index (χ1n) is 4.49. The van der Waals surface area contributed by atoms with Gasteiger partial charge in [0.1, 0.15) is 17.8 Å².